The van der Waals surface area contributed by atoms with Crippen molar-refractivity contribution in [2.24, 2.45) is 5.73 Å². The zero-order valence-electron chi connectivity index (χ0n) is 8.38. The van der Waals surface area contributed by atoms with Crippen molar-refractivity contribution in [2.75, 3.05) is 0 Å². The molecule has 1 aromatic rings. The van der Waals surface area contributed by atoms with Gasteiger partial charge >= 0.3 is 0 Å². The number of nitrogens with two attached hydrogens (primary N) is 1. The van der Waals surface area contributed by atoms with E-state index in [0.717, 1.165) is 12.8 Å². The van der Waals surface area contributed by atoms with Crippen molar-refractivity contribution in [2.45, 2.75) is 32.2 Å². The van der Waals surface area contributed by atoms with Crippen molar-refractivity contribution < 1.29 is 5.48 Å². The van der Waals surface area contributed by atoms with E-state index in [1.807, 2.05) is 6.07 Å². The maximum absolute atomic E-state index is 5.88. The van der Waals surface area contributed by atoms with Crippen LogP contribution in [0.5, 0.6) is 0 Å². The molecule has 0 saturated heterocycles. The first kappa shape index (κ1) is 12.1. The van der Waals surface area contributed by atoms with Gasteiger partial charge in [0.1, 0.15) is 0 Å². The average molecular weight is 181 g/mol. The number of benzene rings is 1. The summed E-state index contributed by atoms with van der Waals surface area (Å²) in [6.07, 6.45) is 2.11. The van der Waals surface area contributed by atoms with Crippen LogP contribution in [0.25, 0.3) is 0 Å². The Morgan fingerprint density at radius 1 is 1.15 bits per heavy atom. The monoisotopic (exact) mass is 181 g/mol. The van der Waals surface area contributed by atoms with Crippen molar-refractivity contribution in [1.82, 2.24) is 0 Å². The fourth-order valence-corrected chi connectivity index (χ4v) is 1.11. The second kappa shape index (κ2) is 5.00. The van der Waals surface area contributed by atoms with Gasteiger partial charge in [0.05, 0.1) is 0 Å². The standard InChI is InChI=1S/C11H17N.H2O/c1-11(2,12)9-8-10-6-4-3-5-7-10;/h3-7H,8-9,12H2,1-2H3;1H2. The van der Waals surface area contributed by atoms with E-state index in [9.17, 15) is 0 Å². The van der Waals surface area contributed by atoms with Crippen LogP contribution in [0, 0.1) is 0 Å². The Bertz CT molecular complexity index is 226. The molecule has 0 aromatic heterocycles. The Balaban J connectivity index is 0.00000144. The lowest BCUT2D eigenvalue weighted by Gasteiger charge is -2.17. The van der Waals surface area contributed by atoms with Crippen molar-refractivity contribution in [1.29, 1.82) is 0 Å². The number of rotatable bonds is 3. The second-order valence-corrected chi connectivity index (χ2v) is 3.97. The van der Waals surface area contributed by atoms with Crippen LogP contribution in [0.2, 0.25) is 0 Å². The van der Waals surface area contributed by atoms with Gasteiger partial charge in [0.25, 0.3) is 0 Å². The van der Waals surface area contributed by atoms with Crippen molar-refractivity contribution >= 4 is 0 Å². The Morgan fingerprint density at radius 2 is 1.69 bits per heavy atom. The SMILES string of the molecule is CC(C)(N)CCc1ccccc1.O. The minimum atomic E-state index is -0.0458. The summed E-state index contributed by atoms with van der Waals surface area (Å²) in [6, 6.07) is 10.5. The van der Waals surface area contributed by atoms with Crippen LogP contribution in [0.1, 0.15) is 25.8 Å². The third kappa shape index (κ3) is 5.39. The molecular weight excluding hydrogens is 162 g/mol. The lowest BCUT2D eigenvalue weighted by molar-refractivity contribution is 0.477. The summed E-state index contributed by atoms with van der Waals surface area (Å²) < 4.78 is 0. The summed E-state index contributed by atoms with van der Waals surface area (Å²) in [7, 11) is 0. The highest BCUT2D eigenvalue weighted by Gasteiger charge is 2.09. The van der Waals surface area contributed by atoms with Crippen LogP contribution >= 0.6 is 0 Å². The highest BCUT2D eigenvalue weighted by Crippen LogP contribution is 2.09. The second-order valence-electron chi connectivity index (χ2n) is 3.97. The molecule has 0 saturated carbocycles. The number of aryl methyl sites for hydroxylation is 1. The van der Waals surface area contributed by atoms with Gasteiger partial charge in [-0.1, -0.05) is 30.3 Å². The molecule has 0 amide bonds. The van der Waals surface area contributed by atoms with Crippen LogP contribution in [-0.4, -0.2) is 11.0 Å². The molecule has 2 nitrogen and oxygen atoms in total. The van der Waals surface area contributed by atoms with Crippen LogP contribution in [0.15, 0.2) is 30.3 Å². The number of hydrogen-bond donors (Lipinski definition) is 1. The number of hydrogen-bond acceptors (Lipinski definition) is 1. The molecule has 0 heterocycles. The maximum atomic E-state index is 5.88. The van der Waals surface area contributed by atoms with Gasteiger partial charge in [-0.15, -0.1) is 0 Å². The minimum Gasteiger partial charge on any atom is -0.412 e. The maximum Gasteiger partial charge on any atom is 0.0100 e. The molecule has 2 heteroatoms. The first-order chi connectivity index (χ1) is 5.58. The van der Waals surface area contributed by atoms with Crippen LogP contribution < -0.4 is 5.73 Å². The highest BCUT2D eigenvalue weighted by molar-refractivity contribution is 5.14. The van der Waals surface area contributed by atoms with Gasteiger partial charge in [-0.2, -0.15) is 0 Å². The van der Waals surface area contributed by atoms with Crippen molar-refractivity contribution in [3.8, 4) is 0 Å². The molecule has 0 bridgehead atoms. The molecule has 0 spiro atoms. The highest BCUT2D eigenvalue weighted by atomic mass is 16.0. The van der Waals surface area contributed by atoms with Gasteiger partial charge in [0, 0.05) is 5.54 Å². The quantitative estimate of drug-likeness (QED) is 0.755. The lowest BCUT2D eigenvalue weighted by Crippen LogP contribution is -2.32. The molecule has 1 aromatic carbocycles. The van der Waals surface area contributed by atoms with Gasteiger partial charge in [-0.05, 0) is 32.3 Å². The van der Waals surface area contributed by atoms with E-state index in [2.05, 4.69) is 38.1 Å². The van der Waals surface area contributed by atoms with E-state index in [0.29, 0.717) is 0 Å². The molecule has 0 aliphatic rings. The molecule has 0 fully saturated rings. The van der Waals surface area contributed by atoms with Crippen molar-refractivity contribution in [3.05, 3.63) is 35.9 Å². The fourth-order valence-electron chi connectivity index (χ4n) is 1.11. The van der Waals surface area contributed by atoms with Crippen LogP contribution in [-0.2, 0) is 6.42 Å². The Morgan fingerprint density at radius 3 is 2.15 bits per heavy atom. The molecule has 0 aliphatic carbocycles. The Labute approximate surface area is 80.1 Å². The summed E-state index contributed by atoms with van der Waals surface area (Å²) >= 11 is 0. The summed E-state index contributed by atoms with van der Waals surface area (Å²) in [4.78, 5) is 0. The molecule has 0 aliphatic heterocycles. The molecule has 0 atom stereocenters. The predicted octanol–water partition coefficient (Wildman–Crippen LogP) is 1.53. The van der Waals surface area contributed by atoms with Crippen LogP contribution in [0.4, 0.5) is 0 Å². The smallest absolute Gasteiger partial charge is 0.0100 e. The zero-order valence-corrected chi connectivity index (χ0v) is 8.38. The van der Waals surface area contributed by atoms with Gasteiger partial charge in [-0.3, -0.25) is 0 Å². The Kier molecular flexibility index (Phi) is 4.67. The Hall–Kier alpha value is -0.860. The molecular formula is C11H19NO. The predicted molar refractivity (Wildman–Crippen MR) is 56.6 cm³/mol. The third-order valence-electron chi connectivity index (χ3n) is 1.90. The molecule has 1 rings (SSSR count). The third-order valence-corrected chi connectivity index (χ3v) is 1.90. The lowest BCUT2D eigenvalue weighted by atomic mass is 9.97. The molecule has 13 heavy (non-hydrogen) atoms. The summed E-state index contributed by atoms with van der Waals surface area (Å²) in [6.45, 7) is 4.13. The van der Waals surface area contributed by atoms with E-state index in [-0.39, 0.29) is 11.0 Å². The average Bonchev–Trinajstić information content (AvgIpc) is 2.02. The van der Waals surface area contributed by atoms with Gasteiger partial charge in [0.15, 0.2) is 0 Å². The van der Waals surface area contributed by atoms with Gasteiger partial charge in [-0.25, -0.2) is 0 Å². The summed E-state index contributed by atoms with van der Waals surface area (Å²) in [5, 5.41) is 0. The van der Waals surface area contributed by atoms with Crippen LogP contribution in [0.3, 0.4) is 0 Å². The first-order valence-corrected chi connectivity index (χ1v) is 4.41. The zero-order chi connectivity index (χ0) is 9.03. The van der Waals surface area contributed by atoms with E-state index < -0.39 is 0 Å². The first-order valence-electron chi connectivity index (χ1n) is 4.41. The molecule has 74 valence electrons. The van der Waals surface area contributed by atoms with Crippen molar-refractivity contribution in [3.63, 3.8) is 0 Å². The molecule has 0 radical (unpaired) electrons. The van der Waals surface area contributed by atoms with Gasteiger partial charge < -0.3 is 11.2 Å². The van der Waals surface area contributed by atoms with E-state index in [1.165, 1.54) is 5.56 Å². The normalized spacial score (nSPS) is 10.7. The largest absolute Gasteiger partial charge is 0.412 e. The van der Waals surface area contributed by atoms with E-state index >= 15 is 0 Å². The van der Waals surface area contributed by atoms with E-state index in [1.54, 1.807) is 0 Å². The van der Waals surface area contributed by atoms with E-state index in [4.69, 9.17) is 5.73 Å². The summed E-state index contributed by atoms with van der Waals surface area (Å²) in [5.74, 6) is 0. The molecule has 0 unspecified atom stereocenters. The minimum absolute atomic E-state index is 0. The summed E-state index contributed by atoms with van der Waals surface area (Å²) in [5.41, 5.74) is 7.21. The molecule has 4 N–H and O–H groups in total. The topological polar surface area (TPSA) is 57.5 Å². The van der Waals surface area contributed by atoms with Gasteiger partial charge in [0.2, 0.25) is 0 Å². The fraction of sp³-hybridized carbons (Fsp3) is 0.455.